The van der Waals surface area contributed by atoms with Crippen molar-refractivity contribution >= 4 is 51.8 Å². The number of benzene rings is 2. The molecule has 0 radical (unpaired) electrons. The number of aromatic nitrogens is 4. The molecule has 0 amide bonds. The third-order valence-electron chi connectivity index (χ3n) is 11.3. The van der Waals surface area contributed by atoms with Gasteiger partial charge in [-0.15, -0.1) is 0 Å². The van der Waals surface area contributed by atoms with Crippen molar-refractivity contribution in [1.29, 1.82) is 0 Å². The maximum Gasteiger partial charge on any atom is 0.261 e. The Balaban J connectivity index is 0.000000193. The molecule has 0 saturated carbocycles. The highest BCUT2D eigenvalue weighted by atomic mass is 35.7. The molecule has 5 heterocycles. The van der Waals surface area contributed by atoms with Crippen LogP contribution in [-0.4, -0.2) is 79.3 Å². The molecule has 7 rings (SSSR count). The van der Waals surface area contributed by atoms with Gasteiger partial charge in [-0.3, -0.25) is 0 Å². The molecule has 2 aromatic carbocycles. The van der Waals surface area contributed by atoms with E-state index in [0.717, 1.165) is 119 Å². The van der Waals surface area contributed by atoms with Gasteiger partial charge >= 0.3 is 0 Å². The number of rotatable bonds is 8. The lowest BCUT2D eigenvalue weighted by Crippen LogP contribution is -2.43. The minimum atomic E-state index is -3.75. The Labute approximate surface area is 332 Å². The van der Waals surface area contributed by atoms with Crippen molar-refractivity contribution in [3.05, 3.63) is 48.0 Å². The summed E-state index contributed by atoms with van der Waals surface area (Å²) in [6, 6.07) is 10.6. The second kappa shape index (κ2) is 16.7. The maximum atomic E-state index is 13.5. The summed E-state index contributed by atoms with van der Waals surface area (Å²) >= 11 is 0. The van der Waals surface area contributed by atoms with Crippen molar-refractivity contribution in [3.8, 4) is 0 Å². The fourth-order valence-electron chi connectivity index (χ4n) is 8.25. The number of nitrogens with zero attached hydrogens (tertiary/aromatic N) is 5. The number of piperidine rings is 1. The summed E-state index contributed by atoms with van der Waals surface area (Å²) in [5, 5.41) is 0. The molecule has 0 bridgehead atoms. The summed E-state index contributed by atoms with van der Waals surface area (Å²) in [7, 11) is -1.79. The molecule has 3 aliphatic heterocycles. The molecule has 4 aromatic rings. The Morgan fingerprint density at radius 3 is 1.58 bits per heavy atom. The summed E-state index contributed by atoms with van der Waals surface area (Å²) in [5.74, 6) is 3.10. The molecule has 14 heteroatoms. The van der Waals surface area contributed by atoms with E-state index in [9.17, 15) is 16.8 Å². The van der Waals surface area contributed by atoms with Crippen LogP contribution in [0.25, 0.3) is 22.1 Å². The highest BCUT2D eigenvalue weighted by Crippen LogP contribution is 2.34. The summed E-state index contributed by atoms with van der Waals surface area (Å²) in [6.07, 6.45) is 8.04. The Morgan fingerprint density at radius 2 is 1.15 bits per heavy atom. The third-order valence-corrected chi connectivity index (χ3v) is 14.6. The number of fused-ring (bicyclic) bond motifs is 2. The van der Waals surface area contributed by atoms with E-state index in [1.165, 1.54) is 0 Å². The predicted octanol–water partition coefficient (Wildman–Crippen LogP) is 8.40. The van der Waals surface area contributed by atoms with Gasteiger partial charge in [-0.2, -0.15) is 4.31 Å². The fourth-order valence-corrected chi connectivity index (χ4v) is 10.8. The van der Waals surface area contributed by atoms with Crippen LogP contribution < -0.4 is 0 Å². The van der Waals surface area contributed by atoms with E-state index < -0.39 is 19.1 Å². The molecule has 3 fully saturated rings. The van der Waals surface area contributed by atoms with Crippen LogP contribution in [0, 0.1) is 11.8 Å². The third kappa shape index (κ3) is 9.60. The van der Waals surface area contributed by atoms with Gasteiger partial charge in [-0.25, -0.2) is 26.8 Å². The van der Waals surface area contributed by atoms with Gasteiger partial charge in [0.05, 0.1) is 31.9 Å². The number of ether oxygens (including phenoxy) is 2. The van der Waals surface area contributed by atoms with Gasteiger partial charge in [0.25, 0.3) is 9.05 Å². The molecule has 3 saturated heterocycles. The van der Waals surface area contributed by atoms with Crippen LogP contribution in [0.4, 0.5) is 0 Å². The van der Waals surface area contributed by atoms with E-state index in [0.29, 0.717) is 28.8 Å². The number of imidazole rings is 2. The van der Waals surface area contributed by atoms with Crippen molar-refractivity contribution in [3.63, 3.8) is 0 Å². The molecule has 1 unspecified atom stereocenters. The number of halogens is 1. The lowest BCUT2D eigenvalue weighted by Gasteiger charge is -2.34. The molecule has 0 N–H and O–H groups in total. The van der Waals surface area contributed by atoms with Gasteiger partial charge in [0.1, 0.15) is 11.6 Å². The van der Waals surface area contributed by atoms with E-state index in [2.05, 4.69) is 57.6 Å². The molecular formula is C41H60ClN5O6S2. The first-order valence-electron chi connectivity index (χ1n) is 20.0. The first kappa shape index (κ1) is 42.1. The number of sulfonamides is 1. The first-order chi connectivity index (χ1) is 25.9. The molecule has 1 atom stereocenters. The normalized spacial score (nSPS) is 20.2. The van der Waals surface area contributed by atoms with Gasteiger partial charge in [-0.05, 0) is 93.2 Å². The minimum absolute atomic E-state index is 0.0906. The zero-order valence-electron chi connectivity index (χ0n) is 33.7. The van der Waals surface area contributed by atoms with Crippen LogP contribution in [0.15, 0.2) is 46.2 Å². The summed E-state index contributed by atoms with van der Waals surface area (Å²) in [5.41, 5.74) is 3.18. The minimum Gasteiger partial charge on any atom is -0.381 e. The van der Waals surface area contributed by atoms with Crippen LogP contribution in [0.5, 0.6) is 0 Å². The average Bonchev–Trinajstić information content (AvgIpc) is 3.70. The van der Waals surface area contributed by atoms with E-state index in [-0.39, 0.29) is 21.8 Å². The van der Waals surface area contributed by atoms with Gasteiger partial charge in [-0.1, -0.05) is 54.9 Å². The molecule has 55 heavy (non-hydrogen) atoms. The summed E-state index contributed by atoms with van der Waals surface area (Å²) in [6.45, 7) is 20.6. The SMILES string of the molecule is CC(C)(C)c1nc2cc(S(=O)(=O)Cl)ccc2n1CC1CCOCC1.CCC1CCCCN1S(=O)(=O)c1ccc2c(c1)nc(C(C)(C)C)n2CC1CCOCC1. The van der Waals surface area contributed by atoms with E-state index in [1.54, 1.807) is 28.6 Å². The van der Waals surface area contributed by atoms with Crippen molar-refractivity contribution < 1.29 is 26.3 Å². The zero-order chi connectivity index (χ0) is 39.8. The average molecular weight is 819 g/mol. The molecular weight excluding hydrogens is 758 g/mol. The quantitative estimate of drug-likeness (QED) is 0.162. The summed E-state index contributed by atoms with van der Waals surface area (Å²) in [4.78, 5) is 10.2. The van der Waals surface area contributed by atoms with E-state index in [1.807, 2.05) is 12.1 Å². The Bertz CT molecular complexity index is 2170. The molecule has 3 aliphatic rings. The van der Waals surface area contributed by atoms with Gasteiger partial charge < -0.3 is 18.6 Å². The van der Waals surface area contributed by atoms with Gasteiger partial charge in [0.2, 0.25) is 10.0 Å². The molecule has 304 valence electrons. The number of hydrogen-bond donors (Lipinski definition) is 0. The monoisotopic (exact) mass is 817 g/mol. The van der Waals surface area contributed by atoms with E-state index >= 15 is 0 Å². The lowest BCUT2D eigenvalue weighted by molar-refractivity contribution is 0.0610. The van der Waals surface area contributed by atoms with Crippen LogP contribution in [0.2, 0.25) is 0 Å². The fraction of sp³-hybridized carbons (Fsp3) is 0.659. The van der Waals surface area contributed by atoms with E-state index in [4.69, 9.17) is 30.1 Å². The Hall–Kier alpha value is -2.55. The first-order valence-corrected chi connectivity index (χ1v) is 23.8. The number of hydrogen-bond acceptors (Lipinski definition) is 8. The highest BCUT2D eigenvalue weighted by Gasteiger charge is 2.34. The van der Waals surface area contributed by atoms with Crippen LogP contribution in [0.3, 0.4) is 0 Å². The largest absolute Gasteiger partial charge is 0.381 e. The summed E-state index contributed by atoms with van der Waals surface area (Å²) < 4.78 is 67.4. The second-order valence-corrected chi connectivity index (χ2v) is 22.1. The maximum absolute atomic E-state index is 13.5. The molecule has 2 aromatic heterocycles. The Morgan fingerprint density at radius 1 is 0.691 bits per heavy atom. The molecule has 0 aliphatic carbocycles. The predicted molar refractivity (Wildman–Crippen MR) is 219 cm³/mol. The van der Waals surface area contributed by atoms with Crippen LogP contribution in [-0.2, 0) is 52.5 Å². The lowest BCUT2D eigenvalue weighted by atomic mass is 9.94. The van der Waals surface area contributed by atoms with Crippen molar-refractivity contribution in [1.82, 2.24) is 23.4 Å². The van der Waals surface area contributed by atoms with Gasteiger partial charge in [0, 0.05) is 73.6 Å². The second-order valence-electron chi connectivity index (χ2n) is 17.6. The van der Waals surface area contributed by atoms with Crippen molar-refractivity contribution in [2.24, 2.45) is 11.8 Å². The topological polar surface area (TPSA) is 126 Å². The highest BCUT2D eigenvalue weighted by molar-refractivity contribution is 8.13. The standard InChI is InChI=1S/C24H37N3O3S.C17H23ClN2O3S/c1-5-19-8-6-7-13-27(19)31(28,29)20-9-10-22-21(16-20)25-23(24(2,3)4)26(22)17-18-11-14-30-15-12-18;1-17(2,3)16-19-14-10-13(24(18,21)22)4-5-15(14)20(16)11-12-6-8-23-9-7-12/h9-10,16,18-19H,5-8,11-15,17H2,1-4H3;4-5,10,12H,6-9,11H2,1-3H3. The molecule has 0 spiro atoms. The van der Waals surface area contributed by atoms with Crippen LogP contribution in [0.1, 0.15) is 111 Å². The Kier molecular flexibility index (Phi) is 12.8. The van der Waals surface area contributed by atoms with Gasteiger partial charge in [0.15, 0.2) is 0 Å². The zero-order valence-corrected chi connectivity index (χ0v) is 36.1. The van der Waals surface area contributed by atoms with Crippen molar-refractivity contribution in [2.45, 2.75) is 140 Å². The van der Waals surface area contributed by atoms with Crippen LogP contribution >= 0.6 is 10.7 Å². The van der Waals surface area contributed by atoms with Crippen molar-refractivity contribution in [2.75, 3.05) is 33.0 Å². The molecule has 11 nitrogen and oxygen atoms in total. The smallest absolute Gasteiger partial charge is 0.261 e.